The van der Waals surface area contributed by atoms with Crippen LogP contribution in [-0.2, 0) is 4.74 Å². The summed E-state index contributed by atoms with van der Waals surface area (Å²) in [5.41, 5.74) is 1.52. The number of rotatable bonds is 3. The molecule has 6 nitrogen and oxygen atoms in total. The molecule has 1 aromatic carbocycles. The van der Waals surface area contributed by atoms with Gasteiger partial charge in [0.15, 0.2) is 0 Å². The summed E-state index contributed by atoms with van der Waals surface area (Å²) < 4.78 is 5.48. The zero-order valence-electron chi connectivity index (χ0n) is 15.2. The van der Waals surface area contributed by atoms with Crippen molar-refractivity contribution in [2.24, 2.45) is 0 Å². The third kappa shape index (κ3) is 3.50. The number of fused-ring (bicyclic) bond motifs is 1. The van der Waals surface area contributed by atoms with E-state index in [4.69, 9.17) is 4.74 Å². The van der Waals surface area contributed by atoms with Crippen LogP contribution in [0.4, 0.5) is 5.82 Å². The number of hydrogen-bond donors (Lipinski definition) is 1. The average molecular weight is 351 g/mol. The predicted octanol–water partition coefficient (Wildman–Crippen LogP) is 2.95. The van der Waals surface area contributed by atoms with Gasteiger partial charge < -0.3 is 10.1 Å². The Morgan fingerprint density at radius 2 is 2.00 bits per heavy atom. The van der Waals surface area contributed by atoms with Crippen LogP contribution in [0.15, 0.2) is 24.5 Å². The van der Waals surface area contributed by atoms with E-state index in [0.29, 0.717) is 11.6 Å². The molecule has 2 aromatic rings. The van der Waals surface area contributed by atoms with E-state index in [2.05, 4.69) is 33.2 Å². The summed E-state index contributed by atoms with van der Waals surface area (Å²) in [5, 5.41) is 13.8. The van der Waals surface area contributed by atoms with Gasteiger partial charge in [0.2, 0.25) is 0 Å². The lowest BCUT2D eigenvalue weighted by molar-refractivity contribution is 0.00490. The normalized spacial score (nSPS) is 27.2. The Kier molecular flexibility index (Phi) is 4.75. The van der Waals surface area contributed by atoms with Gasteiger partial charge in [0.25, 0.3) is 0 Å². The number of hydrogen-bond acceptors (Lipinski definition) is 6. The van der Waals surface area contributed by atoms with Crippen molar-refractivity contribution < 1.29 is 4.74 Å². The maximum atomic E-state index is 9.19. The Bertz CT molecular complexity index is 817. The number of nitrogens with zero attached hydrogens (tertiary/aromatic N) is 4. The van der Waals surface area contributed by atoms with Crippen LogP contribution in [0.3, 0.4) is 0 Å². The fourth-order valence-corrected chi connectivity index (χ4v) is 4.18. The molecule has 1 aliphatic carbocycles. The second kappa shape index (κ2) is 7.18. The molecular formula is C20H25N5O. The molecule has 1 saturated carbocycles. The summed E-state index contributed by atoms with van der Waals surface area (Å²) in [6, 6.07) is 8.43. The summed E-state index contributed by atoms with van der Waals surface area (Å²) in [6.07, 6.45) is 6.20. The number of aromatic nitrogens is 2. The van der Waals surface area contributed by atoms with Crippen molar-refractivity contribution in [1.82, 2.24) is 14.9 Å². The number of benzene rings is 1. The van der Waals surface area contributed by atoms with Crippen LogP contribution in [0, 0.1) is 11.3 Å². The molecule has 2 heterocycles. The van der Waals surface area contributed by atoms with Gasteiger partial charge in [-0.15, -0.1) is 0 Å². The van der Waals surface area contributed by atoms with E-state index < -0.39 is 0 Å². The molecule has 0 unspecified atom stereocenters. The zero-order valence-corrected chi connectivity index (χ0v) is 15.2. The summed E-state index contributed by atoms with van der Waals surface area (Å²) in [5.74, 6) is 0.833. The molecule has 1 saturated heterocycles. The van der Waals surface area contributed by atoms with Gasteiger partial charge in [-0.3, -0.25) is 4.90 Å². The van der Waals surface area contributed by atoms with Crippen molar-refractivity contribution in [3.63, 3.8) is 0 Å². The molecule has 0 radical (unpaired) electrons. The van der Waals surface area contributed by atoms with Crippen molar-refractivity contribution in [3.8, 4) is 6.07 Å². The van der Waals surface area contributed by atoms with Gasteiger partial charge in [0.1, 0.15) is 12.1 Å². The molecule has 0 amide bonds. The fourth-order valence-electron chi connectivity index (χ4n) is 4.18. The van der Waals surface area contributed by atoms with Crippen molar-refractivity contribution in [3.05, 3.63) is 30.1 Å². The largest absolute Gasteiger partial charge is 0.379 e. The highest BCUT2D eigenvalue weighted by molar-refractivity contribution is 5.90. The van der Waals surface area contributed by atoms with Crippen molar-refractivity contribution >= 4 is 16.7 Å². The van der Waals surface area contributed by atoms with Gasteiger partial charge in [0, 0.05) is 30.1 Å². The SMILES string of the molecule is C[C@]1(Nc2ncnc3ccc(C#N)cc23)CC[C@H](N2CCOCC2)CC1. The van der Waals surface area contributed by atoms with Crippen LogP contribution in [0.2, 0.25) is 0 Å². The number of nitriles is 1. The van der Waals surface area contributed by atoms with Crippen molar-refractivity contribution in [2.45, 2.75) is 44.2 Å². The number of nitrogens with one attached hydrogen (secondary N) is 1. The Morgan fingerprint density at radius 1 is 1.23 bits per heavy atom. The average Bonchev–Trinajstić information content (AvgIpc) is 2.69. The van der Waals surface area contributed by atoms with E-state index in [-0.39, 0.29) is 5.54 Å². The number of morpholine rings is 1. The summed E-state index contributed by atoms with van der Waals surface area (Å²) in [7, 11) is 0. The van der Waals surface area contributed by atoms with Gasteiger partial charge in [-0.25, -0.2) is 9.97 Å². The van der Waals surface area contributed by atoms with Crippen molar-refractivity contribution in [2.75, 3.05) is 31.6 Å². The lowest BCUT2D eigenvalue weighted by Crippen LogP contribution is -2.49. The quantitative estimate of drug-likeness (QED) is 0.916. The maximum absolute atomic E-state index is 9.19. The van der Waals surface area contributed by atoms with Gasteiger partial charge >= 0.3 is 0 Å². The Hall–Kier alpha value is -2.23. The molecule has 26 heavy (non-hydrogen) atoms. The first-order valence-electron chi connectivity index (χ1n) is 9.42. The van der Waals surface area contributed by atoms with Crippen LogP contribution in [-0.4, -0.2) is 52.8 Å². The first-order chi connectivity index (χ1) is 12.7. The molecule has 0 atom stereocenters. The first kappa shape index (κ1) is 17.2. The molecule has 2 fully saturated rings. The van der Waals surface area contributed by atoms with Crippen LogP contribution >= 0.6 is 0 Å². The molecule has 2 aliphatic rings. The highest BCUT2D eigenvalue weighted by atomic mass is 16.5. The summed E-state index contributed by atoms with van der Waals surface area (Å²) in [6.45, 7) is 6.12. The third-order valence-corrected chi connectivity index (χ3v) is 5.81. The topological polar surface area (TPSA) is 74.1 Å². The van der Waals surface area contributed by atoms with Gasteiger partial charge in [-0.05, 0) is 50.8 Å². The number of ether oxygens (including phenoxy) is 1. The lowest BCUT2D eigenvalue weighted by atomic mass is 9.80. The first-order valence-corrected chi connectivity index (χ1v) is 9.42. The molecule has 0 spiro atoms. The van der Waals surface area contributed by atoms with E-state index in [0.717, 1.165) is 55.9 Å². The molecule has 6 heteroatoms. The molecule has 136 valence electrons. The minimum Gasteiger partial charge on any atom is -0.379 e. The highest BCUT2D eigenvalue weighted by Crippen LogP contribution is 2.35. The Labute approximate surface area is 154 Å². The predicted molar refractivity (Wildman–Crippen MR) is 101 cm³/mol. The molecule has 4 rings (SSSR count). The van der Waals surface area contributed by atoms with Crippen LogP contribution in [0.1, 0.15) is 38.2 Å². The van der Waals surface area contributed by atoms with E-state index in [9.17, 15) is 5.26 Å². The van der Waals surface area contributed by atoms with Gasteiger partial charge in [-0.1, -0.05) is 0 Å². The van der Waals surface area contributed by atoms with Gasteiger partial charge in [0.05, 0.1) is 30.4 Å². The second-order valence-corrected chi connectivity index (χ2v) is 7.63. The monoisotopic (exact) mass is 351 g/mol. The smallest absolute Gasteiger partial charge is 0.137 e. The van der Waals surface area contributed by atoms with Crippen LogP contribution in [0.5, 0.6) is 0 Å². The van der Waals surface area contributed by atoms with E-state index >= 15 is 0 Å². The second-order valence-electron chi connectivity index (χ2n) is 7.63. The van der Waals surface area contributed by atoms with E-state index in [1.54, 1.807) is 12.4 Å². The summed E-state index contributed by atoms with van der Waals surface area (Å²) in [4.78, 5) is 11.4. The van der Waals surface area contributed by atoms with E-state index in [1.807, 2.05) is 12.1 Å². The maximum Gasteiger partial charge on any atom is 0.137 e. The van der Waals surface area contributed by atoms with E-state index in [1.165, 1.54) is 12.8 Å². The lowest BCUT2D eigenvalue weighted by Gasteiger charge is -2.43. The highest BCUT2D eigenvalue weighted by Gasteiger charge is 2.34. The zero-order chi connectivity index (χ0) is 18.0. The molecule has 1 aromatic heterocycles. The Morgan fingerprint density at radius 3 is 2.73 bits per heavy atom. The molecule has 0 bridgehead atoms. The summed E-state index contributed by atoms with van der Waals surface area (Å²) >= 11 is 0. The minimum absolute atomic E-state index is 0.0206. The minimum atomic E-state index is 0.0206. The fraction of sp³-hybridized carbons (Fsp3) is 0.550. The molecular weight excluding hydrogens is 326 g/mol. The van der Waals surface area contributed by atoms with Gasteiger partial charge in [-0.2, -0.15) is 5.26 Å². The third-order valence-electron chi connectivity index (χ3n) is 5.81. The molecule has 1 N–H and O–H groups in total. The van der Waals surface area contributed by atoms with Crippen molar-refractivity contribution in [1.29, 1.82) is 5.26 Å². The van der Waals surface area contributed by atoms with Crippen LogP contribution in [0.25, 0.3) is 10.9 Å². The Balaban J connectivity index is 1.49. The van der Waals surface area contributed by atoms with Crippen LogP contribution < -0.4 is 5.32 Å². The number of anilines is 1. The molecule has 1 aliphatic heterocycles. The standard InChI is InChI=1S/C20H25N5O/c1-20(6-4-16(5-7-20)25-8-10-26-11-9-25)24-19-17-12-15(13-21)2-3-18(17)22-14-23-19/h2-3,12,14,16H,4-11H2,1H3,(H,22,23,24)/t16-,20-.